The molecular formula is C19H31IN4O2. The highest BCUT2D eigenvalue weighted by Gasteiger charge is 2.23. The Morgan fingerprint density at radius 2 is 2.08 bits per heavy atom. The fourth-order valence-corrected chi connectivity index (χ4v) is 2.93. The van der Waals surface area contributed by atoms with Crippen molar-refractivity contribution in [2.75, 3.05) is 38.2 Å². The van der Waals surface area contributed by atoms with Crippen molar-refractivity contribution in [2.24, 2.45) is 4.99 Å². The summed E-state index contributed by atoms with van der Waals surface area (Å²) in [7, 11) is 1.77. The summed E-state index contributed by atoms with van der Waals surface area (Å²) in [6.45, 7) is 7.08. The van der Waals surface area contributed by atoms with Crippen LogP contribution in [0.15, 0.2) is 29.3 Å². The first-order valence-corrected chi connectivity index (χ1v) is 9.06. The quantitative estimate of drug-likeness (QED) is 0.209. The van der Waals surface area contributed by atoms with Crippen LogP contribution in [0.1, 0.15) is 31.7 Å². The first-order valence-electron chi connectivity index (χ1n) is 9.06. The number of carbonyl (C=O) groups is 1. The Labute approximate surface area is 173 Å². The van der Waals surface area contributed by atoms with Gasteiger partial charge in [-0.2, -0.15) is 0 Å². The Balaban J connectivity index is 0.00000338. The highest BCUT2D eigenvalue weighted by atomic mass is 127. The molecule has 0 spiro atoms. The van der Waals surface area contributed by atoms with Crippen LogP contribution < -0.4 is 15.5 Å². The molecule has 0 radical (unpaired) electrons. The third-order valence-electron chi connectivity index (χ3n) is 4.31. The minimum atomic E-state index is -0.142. The van der Waals surface area contributed by atoms with Crippen LogP contribution in [0.25, 0.3) is 0 Å². The van der Waals surface area contributed by atoms with E-state index in [4.69, 9.17) is 4.74 Å². The van der Waals surface area contributed by atoms with Crippen LogP contribution in [0.5, 0.6) is 0 Å². The van der Waals surface area contributed by atoms with Crippen molar-refractivity contribution < 1.29 is 9.53 Å². The van der Waals surface area contributed by atoms with Gasteiger partial charge >= 0.3 is 5.97 Å². The van der Waals surface area contributed by atoms with Gasteiger partial charge in [0.25, 0.3) is 0 Å². The summed E-state index contributed by atoms with van der Waals surface area (Å²) < 4.78 is 4.93. The summed E-state index contributed by atoms with van der Waals surface area (Å²) in [5.74, 6) is 0.649. The molecule has 1 fully saturated rings. The molecule has 1 aliphatic rings. The molecule has 0 aliphatic carbocycles. The van der Waals surface area contributed by atoms with Gasteiger partial charge in [-0.05, 0) is 38.8 Å². The van der Waals surface area contributed by atoms with Gasteiger partial charge in [-0.15, -0.1) is 24.0 Å². The Kier molecular flexibility index (Phi) is 10.4. The predicted octanol–water partition coefficient (Wildman–Crippen LogP) is 2.70. The van der Waals surface area contributed by atoms with E-state index in [1.807, 2.05) is 6.92 Å². The lowest BCUT2D eigenvalue weighted by atomic mass is 10.2. The average molecular weight is 474 g/mol. The Morgan fingerprint density at radius 3 is 2.73 bits per heavy atom. The van der Waals surface area contributed by atoms with E-state index in [9.17, 15) is 4.79 Å². The lowest BCUT2D eigenvalue weighted by molar-refractivity contribution is -0.143. The summed E-state index contributed by atoms with van der Waals surface area (Å²) in [5.41, 5.74) is 2.55. The average Bonchev–Trinajstić information content (AvgIpc) is 3.07. The minimum Gasteiger partial charge on any atom is -0.466 e. The van der Waals surface area contributed by atoms with Gasteiger partial charge in [0.15, 0.2) is 5.96 Å². The number of hydrogen-bond acceptors (Lipinski definition) is 4. The second-order valence-corrected chi connectivity index (χ2v) is 6.32. The molecular weight excluding hydrogens is 443 g/mol. The van der Waals surface area contributed by atoms with Gasteiger partial charge in [0.1, 0.15) is 0 Å². The number of halogens is 1. The molecule has 1 aromatic carbocycles. The summed E-state index contributed by atoms with van der Waals surface area (Å²) in [4.78, 5) is 18.0. The number of aliphatic imine (C=N–C) groups is 1. The van der Waals surface area contributed by atoms with Gasteiger partial charge in [-0.25, -0.2) is 0 Å². The number of benzene rings is 1. The summed E-state index contributed by atoms with van der Waals surface area (Å²) in [6, 6.07) is 9.04. The first kappa shape index (κ1) is 22.5. The van der Waals surface area contributed by atoms with Gasteiger partial charge in [-0.3, -0.25) is 9.79 Å². The van der Waals surface area contributed by atoms with Crippen molar-refractivity contribution in [2.45, 2.75) is 39.2 Å². The maximum absolute atomic E-state index is 11.3. The van der Waals surface area contributed by atoms with Gasteiger partial charge in [0.05, 0.1) is 6.61 Å². The topological polar surface area (TPSA) is 66.0 Å². The van der Waals surface area contributed by atoms with E-state index in [0.29, 0.717) is 25.6 Å². The molecule has 0 bridgehead atoms. The molecule has 2 N–H and O–H groups in total. The van der Waals surface area contributed by atoms with Crippen LogP contribution in [0.4, 0.5) is 5.69 Å². The third kappa shape index (κ3) is 7.39. The molecule has 146 valence electrons. The third-order valence-corrected chi connectivity index (χ3v) is 4.31. The summed E-state index contributed by atoms with van der Waals surface area (Å²) in [6.07, 6.45) is 2.25. The molecule has 6 nitrogen and oxygen atoms in total. The largest absolute Gasteiger partial charge is 0.466 e. The Bertz CT molecular complexity index is 577. The molecule has 1 heterocycles. The van der Waals surface area contributed by atoms with E-state index in [2.05, 4.69) is 51.7 Å². The maximum Gasteiger partial charge on any atom is 0.305 e. The number of nitrogens with zero attached hydrogens (tertiary/aromatic N) is 2. The Hall–Kier alpha value is -1.51. The second kappa shape index (κ2) is 12.0. The smallest absolute Gasteiger partial charge is 0.305 e. The van der Waals surface area contributed by atoms with Crippen molar-refractivity contribution in [3.05, 3.63) is 29.8 Å². The normalized spacial score (nSPS) is 16.8. The molecule has 0 saturated carbocycles. The SMILES string of the molecule is CCOC(=O)CCCNC(=NC)NC1CCN(c2ccc(C)cc2)C1.I. The molecule has 7 heteroatoms. The maximum atomic E-state index is 11.3. The van der Waals surface area contributed by atoms with Gasteiger partial charge in [-0.1, -0.05) is 17.7 Å². The molecule has 1 unspecified atom stereocenters. The standard InChI is InChI=1S/C19H30N4O2.HI/c1-4-25-18(24)6-5-12-21-19(20-3)22-16-11-13-23(14-16)17-9-7-15(2)8-10-17;/h7-10,16H,4-6,11-14H2,1-3H3,(H2,20,21,22);1H. The van der Waals surface area contributed by atoms with Gasteiger partial charge < -0.3 is 20.3 Å². The monoisotopic (exact) mass is 474 g/mol. The van der Waals surface area contributed by atoms with Crippen LogP contribution in [-0.4, -0.2) is 51.3 Å². The van der Waals surface area contributed by atoms with E-state index in [-0.39, 0.29) is 29.9 Å². The molecule has 26 heavy (non-hydrogen) atoms. The van der Waals surface area contributed by atoms with Crippen molar-refractivity contribution in [3.63, 3.8) is 0 Å². The van der Waals surface area contributed by atoms with Crippen molar-refractivity contribution in [1.29, 1.82) is 0 Å². The number of rotatable bonds is 7. The van der Waals surface area contributed by atoms with E-state index in [1.165, 1.54) is 11.3 Å². The number of nitrogens with one attached hydrogen (secondary N) is 2. The lowest BCUT2D eigenvalue weighted by Crippen LogP contribution is -2.44. The molecule has 2 rings (SSSR count). The van der Waals surface area contributed by atoms with Crippen molar-refractivity contribution in [1.82, 2.24) is 10.6 Å². The fourth-order valence-electron chi connectivity index (χ4n) is 2.93. The van der Waals surface area contributed by atoms with Gasteiger partial charge in [0.2, 0.25) is 0 Å². The number of ether oxygens (including phenoxy) is 1. The van der Waals surface area contributed by atoms with Gasteiger partial charge in [0, 0.05) is 44.8 Å². The van der Waals surface area contributed by atoms with Crippen LogP contribution >= 0.6 is 24.0 Å². The molecule has 1 aromatic rings. The molecule has 0 amide bonds. The van der Waals surface area contributed by atoms with Crippen molar-refractivity contribution in [3.8, 4) is 0 Å². The zero-order valence-electron chi connectivity index (χ0n) is 16.0. The highest BCUT2D eigenvalue weighted by Crippen LogP contribution is 2.20. The summed E-state index contributed by atoms with van der Waals surface area (Å²) >= 11 is 0. The number of esters is 1. The zero-order chi connectivity index (χ0) is 18.1. The Morgan fingerprint density at radius 1 is 1.35 bits per heavy atom. The number of carbonyl (C=O) groups excluding carboxylic acids is 1. The van der Waals surface area contributed by atoms with Crippen LogP contribution in [0.3, 0.4) is 0 Å². The highest BCUT2D eigenvalue weighted by molar-refractivity contribution is 14.0. The molecule has 1 aliphatic heterocycles. The van der Waals surface area contributed by atoms with Crippen LogP contribution in [-0.2, 0) is 9.53 Å². The summed E-state index contributed by atoms with van der Waals surface area (Å²) in [5, 5.41) is 6.74. The number of hydrogen-bond donors (Lipinski definition) is 2. The first-order chi connectivity index (χ1) is 12.1. The molecule has 1 atom stereocenters. The van der Waals surface area contributed by atoms with E-state index in [1.54, 1.807) is 7.05 Å². The zero-order valence-corrected chi connectivity index (χ0v) is 18.3. The number of aryl methyl sites for hydroxylation is 1. The van der Waals surface area contributed by atoms with E-state index >= 15 is 0 Å². The van der Waals surface area contributed by atoms with Crippen molar-refractivity contribution >= 4 is 41.6 Å². The predicted molar refractivity (Wildman–Crippen MR) is 118 cm³/mol. The fraction of sp³-hybridized carbons (Fsp3) is 0.579. The second-order valence-electron chi connectivity index (χ2n) is 6.32. The molecule has 0 aromatic heterocycles. The van der Waals surface area contributed by atoms with E-state index < -0.39 is 0 Å². The lowest BCUT2D eigenvalue weighted by Gasteiger charge is -2.20. The number of guanidine groups is 1. The minimum absolute atomic E-state index is 0. The number of anilines is 1. The van der Waals surface area contributed by atoms with Crippen LogP contribution in [0, 0.1) is 6.92 Å². The molecule has 1 saturated heterocycles. The van der Waals surface area contributed by atoms with Crippen LogP contribution in [0.2, 0.25) is 0 Å². The van der Waals surface area contributed by atoms with E-state index in [0.717, 1.165) is 31.9 Å².